The number of hydrogen-bond donors (Lipinski definition) is 2. The molecule has 2 amide bonds. The lowest BCUT2D eigenvalue weighted by Crippen LogP contribution is -2.17. The number of furan rings is 1. The third-order valence-corrected chi connectivity index (χ3v) is 4.96. The summed E-state index contributed by atoms with van der Waals surface area (Å²) in [5, 5.41) is 15.3. The molecular weight excluding hydrogens is 427 g/mol. The lowest BCUT2D eigenvalue weighted by molar-refractivity contribution is -0.385. The van der Waals surface area contributed by atoms with Gasteiger partial charge in [0.05, 0.1) is 37.8 Å². The van der Waals surface area contributed by atoms with Crippen LogP contribution in [0.4, 0.5) is 30.2 Å². The molecule has 0 aliphatic rings. The molecule has 3 rings (SSSR count). The van der Waals surface area contributed by atoms with Gasteiger partial charge in [0.15, 0.2) is 0 Å². The van der Waals surface area contributed by atoms with Gasteiger partial charge < -0.3 is 15.1 Å². The molecule has 30 heavy (non-hydrogen) atoms. The van der Waals surface area contributed by atoms with E-state index in [1.807, 2.05) is 0 Å². The number of thiophene rings is 1. The van der Waals surface area contributed by atoms with Crippen molar-refractivity contribution in [2.75, 3.05) is 10.6 Å². The Bertz CT molecular complexity index is 1120. The molecule has 0 atom stereocenters. The van der Waals surface area contributed by atoms with Crippen LogP contribution < -0.4 is 10.6 Å². The number of nitro groups is 1. The summed E-state index contributed by atoms with van der Waals surface area (Å²) in [7, 11) is 0. The van der Waals surface area contributed by atoms with Crippen molar-refractivity contribution in [3.63, 3.8) is 0 Å². The fourth-order valence-electron chi connectivity index (χ4n) is 2.51. The molecular formula is C18H12F3N3O5S. The number of nitrogens with zero attached hydrogens (tertiary/aromatic N) is 1. The van der Waals surface area contributed by atoms with Crippen LogP contribution in [0.15, 0.2) is 47.3 Å². The summed E-state index contributed by atoms with van der Waals surface area (Å²) in [6.45, 7) is 1.43. The molecule has 2 heterocycles. The van der Waals surface area contributed by atoms with Crippen molar-refractivity contribution in [1.29, 1.82) is 0 Å². The number of aryl methyl sites for hydroxylation is 1. The van der Waals surface area contributed by atoms with Crippen molar-refractivity contribution in [3.05, 3.63) is 73.9 Å². The van der Waals surface area contributed by atoms with Crippen LogP contribution in [0.5, 0.6) is 0 Å². The van der Waals surface area contributed by atoms with Crippen molar-refractivity contribution in [2.45, 2.75) is 13.1 Å². The Labute approximate surface area is 170 Å². The number of nitrogens with one attached hydrogen (secondary N) is 2. The van der Waals surface area contributed by atoms with Crippen LogP contribution in [0.3, 0.4) is 0 Å². The van der Waals surface area contributed by atoms with Gasteiger partial charge in [0, 0.05) is 11.8 Å². The van der Waals surface area contributed by atoms with Crippen molar-refractivity contribution in [2.24, 2.45) is 0 Å². The molecule has 0 unspecified atom stereocenters. The van der Waals surface area contributed by atoms with Crippen LogP contribution in [0.25, 0.3) is 0 Å². The van der Waals surface area contributed by atoms with Gasteiger partial charge in [-0.05, 0) is 31.2 Å². The highest BCUT2D eigenvalue weighted by Crippen LogP contribution is 2.37. The predicted octanol–water partition coefficient (Wildman–Crippen LogP) is 5.08. The first-order chi connectivity index (χ1) is 14.1. The van der Waals surface area contributed by atoms with E-state index < -0.39 is 34.2 Å². The summed E-state index contributed by atoms with van der Waals surface area (Å²) in [6.07, 6.45) is -2.46. The minimum atomic E-state index is -4.84. The third-order valence-electron chi connectivity index (χ3n) is 3.93. The van der Waals surface area contributed by atoms with Gasteiger partial charge in [-0.15, -0.1) is 11.3 Å². The van der Waals surface area contributed by atoms with Crippen LogP contribution in [0, 0.1) is 17.0 Å². The number of hydrogen-bond acceptors (Lipinski definition) is 6. The number of halogens is 3. The van der Waals surface area contributed by atoms with Gasteiger partial charge in [0.1, 0.15) is 6.26 Å². The Morgan fingerprint density at radius 2 is 1.87 bits per heavy atom. The van der Waals surface area contributed by atoms with Crippen molar-refractivity contribution >= 4 is 40.2 Å². The Kier molecular flexibility index (Phi) is 5.60. The van der Waals surface area contributed by atoms with Crippen LogP contribution in [0.1, 0.15) is 30.5 Å². The van der Waals surface area contributed by atoms with E-state index >= 15 is 0 Å². The van der Waals surface area contributed by atoms with Crippen molar-refractivity contribution < 1.29 is 32.1 Å². The summed E-state index contributed by atoms with van der Waals surface area (Å²) < 4.78 is 45.3. The van der Waals surface area contributed by atoms with E-state index in [9.17, 15) is 32.9 Å². The molecule has 3 aromatic rings. The second-order valence-electron chi connectivity index (χ2n) is 5.99. The smallest absolute Gasteiger partial charge is 0.418 e. The molecule has 0 fully saturated rings. The van der Waals surface area contributed by atoms with Crippen LogP contribution in [-0.2, 0) is 6.18 Å². The van der Waals surface area contributed by atoms with E-state index in [1.165, 1.54) is 25.3 Å². The van der Waals surface area contributed by atoms with Crippen molar-refractivity contribution in [1.82, 2.24) is 0 Å². The maximum Gasteiger partial charge on any atom is 0.418 e. The molecule has 2 N–H and O–H groups in total. The first kappa shape index (κ1) is 21.0. The number of carbonyl (C=O) groups excluding carboxylic acids is 2. The van der Waals surface area contributed by atoms with Gasteiger partial charge in [-0.3, -0.25) is 19.7 Å². The summed E-state index contributed by atoms with van der Waals surface area (Å²) >= 11 is 0.793. The fraction of sp³-hybridized carbons (Fsp3) is 0.111. The van der Waals surface area contributed by atoms with E-state index in [2.05, 4.69) is 10.6 Å². The molecule has 12 heteroatoms. The van der Waals surface area contributed by atoms with Gasteiger partial charge in [0.25, 0.3) is 17.5 Å². The highest BCUT2D eigenvalue weighted by atomic mass is 32.1. The first-order valence-corrected chi connectivity index (χ1v) is 8.99. The Morgan fingerprint density at radius 1 is 1.13 bits per heavy atom. The lowest BCUT2D eigenvalue weighted by Gasteiger charge is -2.15. The lowest BCUT2D eigenvalue weighted by atomic mass is 10.1. The zero-order chi connectivity index (χ0) is 22.1. The molecule has 0 radical (unpaired) electrons. The van der Waals surface area contributed by atoms with Crippen molar-refractivity contribution in [3.8, 4) is 0 Å². The maximum absolute atomic E-state index is 13.5. The summed E-state index contributed by atoms with van der Waals surface area (Å²) in [5.74, 6) is -1.59. The van der Waals surface area contributed by atoms with Crippen LogP contribution in [-0.4, -0.2) is 16.7 Å². The van der Waals surface area contributed by atoms with E-state index in [1.54, 1.807) is 0 Å². The minimum absolute atomic E-state index is 0.107. The topological polar surface area (TPSA) is 114 Å². The molecule has 0 spiro atoms. The molecule has 156 valence electrons. The average Bonchev–Trinajstić information content (AvgIpc) is 3.31. The largest absolute Gasteiger partial charge is 0.472 e. The second kappa shape index (κ2) is 7.99. The van der Waals surface area contributed by atoms with Gasteiger partial charge >= 0.3 is 6.18 Å². The average molecular weight is 439 g/mol. The van der Waals surface area contributed by atoms with Crippen LogP contribution in [0.2, 0.25) is 0 Å². The highest BCUT2D eigenvalue weighted by Gasteiger charge is 2.35. The van der Waals surface area contributed by atoms with Gasteiger partial charge in [-0.1, -0.05) is 0 Å². The highest BCUT2D eigenvalue weighted by molar-refractivity contribution is 7.14. The molecule has 8 nitrogen and oxygen atoms in total. The summed E-state index contributed by atoms with van der Waals surface area (Å²) in [4.78, 5) is 34.7. The minimum Gasteiger partial charge on any atom is -0.472 e. The molecule has 2 aromatic heterocycles. The Morgan fingerprint density at radius 3 is 2.43 bits per heavy atom. The zero-order valence-electron chi connectivity index (χ0n) is 15.1. The number of amides is 2. The number of benzene rings is 1. The molecule has 0 aliphatic heterocycles. The maximum atomic E-state index is 13.5. The van der Waals surface area contributed by atoms with Gasteiger partial charge in [-0.2, -0.15) is 13.2 Å². The standard InChI is InChI=1S/C18H12F3N3O5S/c1-9-14(24(27)28)7-15(30-9)17(26)23-13-3-2-11(6-12(13)18(19,20)21)22-16(25)10-4-5-29-8-10/h2-8H,1H3,(H,22,25)(H,23,26). The van der Waals surface area contributed by atoms with E-state index in [0.717, 1.165) is 29.7 Å². The van der Waals surface area contributed by atoms with Gasteiger partial charge in [0.2, 0.25) is 0 Å². The number of carbonyl (C=O) groups is 2. The second-order valence-corrected chi connectivity index (χ2v) is 7.24. The van der Waals surface area contributed by atoms with Gasteiger partial charge in [-0.25, -0.2) is 0 Å². The SMILES string of the molecule is Cc1sc(C(=O)Nc2ccc(NC(=O)c3ccoc3)cc2C(F)(F)F)cc1[N+](=O)[O-]. The normalized spacial score (nSPS) is 11.2. The molecule has 0 saturated heterocycles. The summed E-state index contributed by atoms with van der Waals surface area (Å²) in [5.41, 5.74) is -2.06. The molecule has 0 bridgehead atoms. The Hall–Kier alpha value is -3.67. The molecule has 0 saturated carbocycles. The Balaban J connectivity index is 1.87. The third kappa shape index (κ3) is 4.49. The quantitative estimate of drug-likeness (QED) is 0.425. The first-order valence-electron chi connectivity index (χ1n) is 8.17. The number of alkyl halides is 3. The van der Waals surface area contributed by atoms with Crippen LogP contribution >= 0.6 is 11.3 Å². The molecule has 0 aliphatic carbocycles. The number of rotatable bonds is 5. The monoisotopic (exact) mass is 439 g/mol. The predicted molar refractivity (Wildman–Crippen MR) is 102 cm³/mol. The van der Waals surface area contributed by atoms with E-state index in [4.69, 9.17) is 4.42 Å². The molecule has 1 aromatic carbocycles. The summed E-state index contributed by atoms with van der Waals surface area (Å²) in [6, 6.07) is 5.19. The van der Waals surface area contributed by atoms with E-state index in [0.29, 0.717) is 6.07 Å². The number of anilines is 2. The zero-order valence-corrected chi connectivity index (χ0v) is 15.9. The van der Waals surface area contributed by atoms with E-state index in [-0.39, 0.29) is 26.7 Å². The fourth-order valence-corrected chi connectivity index (χ4v) is 3.39.